The van der Waals surface area contributed by atoms with Gasteiger partial charge in [0, 0.05) is 22.6 Å². The molecular formula is C20H22F3N3O4. The van der Waals surface area contributed by atoms with Crippen LogP contribution in [0.1, 0.15) is 39.0 Å². The van der Waals surface area contributed by atoms with Crippen molar-refractivity contribution in [3.63, 3.8) is 0 Å². The molecule has 0 fully saturated rings. The fraction of sp³-hybridized carbons (Fsp3) is 0.350. The molecule has 0 saturated heterocycles. The summed E-state index contributed by atoms with van der Waals surface area (Å²) in [4.78, 5) is 36.0. The minimum absolute atomic E-state index is 0.0356. The summed E-state index contributed by atoms with van der Waals surface area (Å²) < 4.78 is 43.2. The van der Waals surface area contributed by atoms with Crippen LogP contribution in [0.5, 0.6) is 0 Å². The lowest BCUT2D eigenvalue weighted by Crippen LogP contribution is -2.33. The van der Waals surface area contributed by atoms with E-state index in [0.717, 1.165) is 0 Å². The number of benzene rings is 1. The van der Waals surface area contributed by atoms with Crippen LogP contribution in [0.15, 0.2) is 30.3 Å². The number of anilines is 1. The van der Waals surface area contributed by atoms with Gasteiger partial charge in [0.05, 0.1) is 12.2 Å². The maximum Gasteiger partial charge on any atom is 0.405 e. The maximum atomic E-state index is 12.4. The first-order valence-corrected chi connectivity index (χ1v) is 9.10. The molecule has 0 bridgehead atoms. The van der Waals surface area contributed by atoms with Gasteiger partial charge in [-0.25, -0.2) is 4.79 Å². The zero-order chi connectivity index (χ0) is 22.5. The molecular weight excluding hydrogens is 403 g/mol. The van der Waals surface area contributed by atoms with Crippen molar-refractivity contribution < 1.29 is 32.3 Å². The van der Waals surface area contributed by atoms with Gasteiger partial charge in [-0.1, -0.05) is 0 Å². The zero-order valence-electron chi connectivity index (χ0n) is 16.7. The Morgan fingerprint density at radius 1 is 1.10 bits per heavy atom. The number of alkyl halides is 3. The lowest BCUT2D eigenvalue weighted by atomic mass is 10.2. The molecule has 7 nitrogen and oxygen atoms in total. The summed E-state index contributed by atoms with van der Waals surface area (Å²) >= 11 is 0. The number of hydrogen-bond acceptors (Lipinski definition) is 4. The first-order valence-electron chi connectivity index (χ1n) is 9.10. The lowest BCUT2D eigenvalue weighted by Gasteiger charge is -2.11. The number of aromatic nitrogens is 1. The van der Waals surface area contributed by atoms with E-state index in [-0.39, 0.29) is 24.6 Å². The molecule has 0 saturated carbocycles. The highest BCUT2D eigenvalue weighted by Crippen LogP contribution is 2.17. The Morgan fingerprint density at radius 3 is 2.30 bits per heavy atom. The first-order chi connectivity index (χ1) is 14.0. The molecule has 1 aromatic heterocycles. The number of hydrogen-bond donors (Lipinski definition) is 2. The Bertz CT molecular complexity index is 934. The van der Waals surface area contributed by atoms with Crippen LogP contribution in [0.3, 0.4) is 0 Å². The molecule has 0 radical (unpaired) electrons. The second-order valence-electron chi connectivity index (χ2n) is 6.51. The van der Waals surface area contributed by atoms with Crippen LogP contribution in [-0.2, 0) is 16.1 Å². The molecule has 0 aliphatic rings. The van der Waals surface area contributed by atoms with E-state index < -0.39 is 24.6 Å². The van der Waals surface area contributed by atoms with Gasteiger partial charge in [-0.05, 0) is 51.1 Å². The van der Waals surface area contributed by atoms with E-state index in [0.29, 0.717) is 22.6 Å². The maximum absolute atomic E-state index is 12.4. The second-order valence-corrected chi connectivity index (χ2v) is 6.51. The molecule has 30 heavy (non-hydrogen) atoms. The summed E-state index contributed by atoms with van der Waals surface area (Å²) in [6.07, 6.45) is -4.49. The third-order valence-electron chi connectivity index (χ3n) is 4.25. The fourth-order valence-corrected chi connectivity index (χ4v) is 2.79. The van der Waals surface area contributed by atoms with Crippen LogP contribution in [-0.4, -0.2) is 41.7 Å². The number of nitrogens with one attached hydrogen (secondary N) is 2. The minimum Gasteiger partial charge on any atom is -0.462 e. The van der Waals surface area contributed by atoms with E-state index in [1.807, 2.05) is 0 Å². The monoisotopic (exact) mass is 425 g/mol. The Morgan fingerprint density at radius 2 is 1.73 bits per heavy atom. The average Bonchev–Trinajstić information content (AvgIpc) is 2.94. The first kappa shape index (κ1) is 23.0. The third kappa shape index (κ3) is 6.10. The number of carbonyl (C=O) groups excluding carboxylic acids is 3. The third-order valence-corrected chi connectivity index (χ3v) is 4.25. The number of halogens is 3. The summed E-state index contributed by atoms with van der Waals surface area (Å²) in [6.45, 7) is 3.94. The number of rotatable bonds is 7. The lowest BCUT2D eigenvalue weighted by molar-refractivity contribution is -0.123. The Hall–Kier alpha value is -3.30. The number of esters is 1. The molecule has 2 amide bonds. The van der Waals surface area contributed by atoms with Crippen LogP contribution in [0.4, 0.5) is 18.9 Å². The SMILES string of the molecule is CCOC(=O)c1cc(C)n(CC(=O)Nc2ccc(C(=O)NCC(F)(F)F)cc2)c1C. The molecule has 0 aliphatic heterocycles. The van der Waals surface area contributed by atoms with Crippen molar-refractivity contribution in [1.82, 2.24) is 9.88 Å². The van der Waals surface area contributed by atoms with Gasteiger partial charge in [-0.3, -0.25) is 9.59 Å². The molecule has 1 aromatic carbocycles. The topological polar surface area (TPSA) is 89.4 Å². The molecule has 2 rings (SSSR count). The number of nitrogens with zero attached hydrogens (tertiary/aromatic N) is 1. The van der Waals surface area contributed by atoms with Gasteiger partial charge >= 0.3 is 12.1 Å². The Balaban J connectivity index is 2.00. The van der Waals surface area contributed by atoms with Crippen molar-refractivity contribution in [2.24, 2.45) is 0 Å². The predicted molar refractivity (Wildman–Crippen MR) is 103 cm³/mol. The Kier molecular flexibility index (Phi) is 7.25. The summed E-state index contributed by atoms with van der Waals surface area (Å²) in [7, 11) is 0. The highest BCUT2D eigenvalue weighted by Gasteiger charge is 2.27. The van der Waals surface area contributed by atoms with Crippen molar-refractivity contribution in [2.45, 2.75) is 33.5 Å². The highest BCUT2D eigenvalue weighted by atomic mass is 19.4. The minimum atomic E-state index is -4.49. The molecule has 0 aliphatic carbocycles. The van der Waals surface area contributed by atoms with Gasteiger partial charge in [0.1, 0.15) is 13.1 Å². The van der Waals surface area contributed by atoms with Crippen molar-refractivity contribution in [3.05, 3.63) is 52.8 Å². The van der Waals surface area contributed by atoms with Gasteiger partial charge in [-0.2, -0.15) is 13.2 Å². The molecule has 2 aromatic rings. The van der Waals surface area contributed by atoms with Crippen LogP contribution < -0.4 is 10.6 Å². The molecule has 2 N–H and O–H groups in total. The van der Waals surface area contributed by atoms with Crippen LogP contribution >= 0.6 is 0 Å². The van der Waals surface area contributed by atoms with Gasteiger partial charge < -0.3 is 19.9 Å². The number of carbonyl (C=O) groups is 3. The van der Waals surface area contributed by atoms with Crippen LogP contribution in [0, 0.1) is 13.8 Å². The summed E-state index contributed by atoms with van der Waals surface area (Å²) in [5, 5.41) is 4.42. The van der Waals surface area contributed by atoms with Gasteiger partial charge in [0.2, 0.25) is 5.91 Å². The molecule has 162 valence electrons. The van der Waals surface area contributed by atoms with E-state index in [4.69, 9.17) is 4.74 Å². The van der Waals surface area contributed by atoms with Crippen LogP contribution in [0.25, 0.3) is 0 Å². The van der Waals surface area contributed by atoms with E-state index >= 15 is 0 Å². The number of amides is 2. The quantitative estimate of drug-likeness (QED) is 0.667. The molecule has 10 heteroatoms. The van der Waals surface area contributed by atoms with E-state index in [2.05, 4.69) is 5.32 Å². The number of ether oxygens (including phenoxy) is 1. The van der Waals surface area contributed by atoms with Crippen molar-refractivity contribution in [2.75, 3.05) is 18.5 Å². The highest BCUT2D eigenvalue weighted by molar-refractivity contribution is 5.96. The zero-order valence-corrected chi connectivity index (χ0v) is 16.7. The molecule has 1 heterocycles. The fourth-order valence-electron chi connectivity index (χ4n) is 2.79. The predicted octanol–water partition coefficient (Wildman–Crippen LogP) is 3.21. The van der Waals surface area contributed by atoms with Gasteiger partial charge in [-0.15, -0.1) is 0 Å². The van der Waals surface area contributed by atoms with Crippen molar-refractivity contribution >= 4 is 23.5 Å². The largest absolute Gasteiger partial charge is 0.462 e. The normalized spacial score (nSPS) is 11.1. The average molecular weight is 425 g/mol. The van der Waals surface area contributed by atoms with Crippen molar-refractivity contribution in [3.8, 4) is 0 Å². The molecule has 0 spiro atoms. The van der Waals surface area contributed by atoms with E-state index in [9.17, 15) is 27.6 Å². The summed E-state index contributed by atoms with van der Waals surface area (Å²) in [5.41, 5.74) is 2.10. The molecule has 0 atom stereocenters. The standard InChI is InChI=1S/C20H22F3N3O4/c1-4-30-19(29)16-9-12(2)26(13(16)3)10-17(27)25-15-7-5-14(6-8-15)18(28)24-11-20(21,22)23/h5-9H,4,10-11H2,1-3H3,(H,24,28)(H,25,27). The number of aryl methyl sites for hydroxylation is 1. The summed E-state index contributed by atoms with van der Waals surface area (Å²) in [5.74, 6) is -1.70. The van der Waals surface area contributed by atoms with Gasteiger partial charge in [0.25, 0.3) is 5.91 Å². The van der Waals surface area contributed by atoms with E-state index in [1.165, 1.54) is 24.3 Å². The van der Waals surface area contributed by atoms with E-state index in [1.54, 1.807) is 36.7 Å². The Labute approximate surface area is 171 Å². The second kappa shape index (κ2) is 9.47. The van der Waals surface area contributed by atoms with Crippen molar-refractivity contribution in [1.29, 1.82) is 0 Å². The summed E-state index contributed by atoms with van der Waals surface area (Å²) in [6, 6.07) is 7.10. The van der Waals surface area contributed by atoms with Crippen LogP contribution in [0.2, 0.25) is 0 Å². The van der Waals surface area contributed by atoms with Gasteiger partial charge in [0.15, 0.2) is 0 Å². The smallest absolute Gasteiger partial charge is 0.405 e. The molecule has 0 unspecified atom stereocenters.